The lowest BCUT2D eigenvalue weighted by Crippen LogP contribution is -1.88. The van der Waals surface area contributed by atoms with E-state index in [1.165, 1.54) is 5.56 Å². The van der Waals surface area contributed by atoms with Gasteiger partial charge in [0.25, 0.3) is 0 Å². The quantitative estimate of drug-likeness (QED) is 0.621. The predicted molar refractivity (Wildman–Crippen MR) is 51.6 cm³/mol. The molecule has 0 heterocycles. The van der Waals surface area contributed by atoms with Gasteiger partial charge in [-0.25, -0.2) is 0 Å². The minimum atomic E-state index is 0.413. The Hall–Kier alpha value is -1.24. The number of rotatable bonds is 3. The summed E-state index contributed by atoms with van der Waals surface area (Å²) in [6, 6.07) is 8.06. The number of benzene rings is 1. The molecular formula is C11H14O. The van der Waals surface area contributed by atoms with Gasteiger partial charge in [-0.2, -0.15) is 0 Å². The van der Waals surface area contributed by atoms with Crippen LogP contribution in [0.3, 0.4) is 0 Å². The minimum absolute atomic E-state index is 0.413. The lowest BCUT2D eigenvalue weighted by molar-refractivity contribution is 0.414. The molecule has 0 bridgehead atoms. The van der Waals surface area contributed by atoms with Crippen molar-refractivity contribution in [2.45, 2.75) is 12.8 Å². The average Bonchev–Trinajstić information content (AvgIpc) is 2.17. The van der Waals surface area contributed by atoms with E-state index in [9.17, 15) is 0 Å². The highest BCUT2D eigenvalue weighted by Gasteiger charge is 1.99. The van der Waals surface area contributed by atoms with E-state index >= 15 is 0 Å². The zero-order valence-corrected chi connectivity index (χ0v) is 7.58. The third-order valence-electron chi connectivity index (χ3n) is 2.00. The molecule has 0 aromatic heterocycles. The third-order valence-corrected chi connectivity index (χ3v) is 2.00. The number of hydrogen-bond acceptors (Lipinski definition) is 1. The molecule has 0 fully saturated rings. The molecule has 0 aliphatic rings. The number of allylic oxidation sites excluding steroid dienone is 1. The molecule has 12 heavy (non-hydrogen) atoms. The SMILES string of the molecule is C=C[C@H](C)c1ccc(OC)cc1. The Kier molecular flexibility index (Phi) is 2.92. The van der Waals surface area contributed by atoms with Gasteiger partial charge in [0.15, 0.2) is 0 Å². The highest BCUT2D eigenvalue weighted by Crippen LogP contribution is 2.19. The second-order valence-corrected chi connectivity index (χ2v) is 2.80. The fourth-order valence-corrected chi connectivity index (χ4v) is 1.04. The summed E-state index contributed by atoms with van der Waals surface area (Å²) >= 11 is 0. The van der Waals surface area contributed by atoms with Gasteiger partial charge in [0.2, 0.25) is 0 Å². The molecule has 0 amide bonds. The Morgan fingerprint density at radius 1 is 1.33 bits per heavy atom. The molecular weight excluding hydrogens is 148 g/mol. The molecule has 0 radical (unpaired) electrons. The van der Waals surface area contributed by atoms with Crippen LogP contribution < -0.4 is 4.74 Å². The van der Waals surface area contributed by atoms with Crippen LogP contribution >= 0.6 is 0 Å². The second-order valence-electron chi connectivity index (χ2n) is 2.80. The van der Waals surface area contributed by atoms with Crippen molar-refractivity contribution < 1.29 is 4.74 Å². The number of hydrogen-bond donors (Lipinski definition) is 0. The molecule has 0 saturated carbocycles. The van der Waals surface area contributed by atoms with Crippen molar-refractivity contribution in [3.05, 3.63) is 42.5 Å². The van der Waals surface area contributed by atoms with Gasteiger partial charge in [0.1, 0.15) is 5.75 Å². The zero-order chi connectivity index (χ0) is 8.97. The summed E-state index contributed by atoms with van der Waals surface area (Å²) in [5.74, 6) is 1.31. The minimum Gasteiger partial charge on any atom is -0.497 e. The van der Waals surface area contributed by atoms with Crippen LogP contribution in [0.5, 0.6) is 5.75 Å². The Morgan fingerprint density at radius 2 is 1.92 bits per heavy atom. The maximum atomic E-state index is 5.06. The van der Waals surface area contributed by atoms with Crippen molar-refractivity contribution in [1.29, 1.82) is 0 Å². The molecule has 1 atom stereocenters. The van der Waals surface area contributed by atoms with Crippen molar-refractivity contribution in [3.8, 4) is 5.75 Å². The first-order chi connectivity index (χ1) is 5.77. The van der Waals surface area contributed by atoms with Crippen LogP contribution in [0.2, 0.25) is 0 Å². The van der Waals surface area contributed by atoms with E-state index < -0.39 is 0 Å². The van der Waals surface area contributed by atoms with Gasteiger partial charge in [-0.1, -0.05) is 25.1 Å². The molecule has 0 spiro atoms. The summed E-state index contributed by atoms with van der Waals surface area (Å²) in [4.78, 5) is 0. The van der Waals surface area contributed by atoms with E-state index in [0.717, 1.165) is 5.75 Å². The van der Waals surface area contributed by atoms with Crippen molar-refractivity contribution in [1.82, 2.24) is 0 Å². The summed E-state index contributed by atoms with van der Waals surface area (Å²) in [6.07, 6.45) is 1.93. The lowest BCUT2D eigenvalue weighted by atomic mass is 10.0. The van der Waals surface area contributed by atoms with Gasteiger partial charge >= 0.3 is 0 Å². The first-order valence-electron chi connectivity index (χ1n) is 4.04. The van der Waals surface area contributed by atoms with E-state index in [0.29, 0.717) is 5.92 Å². The van der Waals surface area contributed by atoms with Gasteiger partial charge in [0.05, 0.1) is 7.11 Å². The van der Waals surface area contributed by atoms with Crippen molar-refractivity contribution in [3.63, 3.8) is 0 Å². The summed E-state index contributed by atoms with van der Waals surface area (Å²) < 4.78 is 5.06. The van der Waals surface area contributed by atoms with Crippen LogP contribution in [0.4, 0.5) is 0 Å². The summed E-state index contributed by atoms with van der Waals surface area (Å²) in [7, 11) is 1.67. The van der Waals surface area contributed by atoms with Crippen LogP contribution in [0.25, 0.3) is 0 Å². The molecule has 0 saturated heterocycles. The van der Waals surface area contributed by atoms with Crippen molar-refractivity contribution >= 4 is 0 Å². The topological polar surface area (TPSA) is 9.23 Å². The van der Waals surface area contributed by atoms with Gasteiger partial charge in [-0.05, 0) is 23.6 Å². The Labute approximate surface area is 73.7 Å². The number of ether oxygens (including phenoxy) is 1. The summed E-state index contributed by atoms with van der Waals surface area (Å²) in [6.45, 7) is 5.87. The zero-order valence-electron chi connectivity index (χ0n) is 7.58. The molecule has 1 aromatic rings. The fraction of sp³-hybridized carbons (Fsp3) is 0.273. The molecule has 1 rings (SSSR count). The molecule has 0 aliphatic heterocycles. The normalized spacial score (nSPS) is 12.2. The van der Waals surface area contributed by atoms with Crippen LogP contribution in [0.15, 0.2) is 36.9 Å². The van der Waals surface area contributed by atoms with E-state index in [1.807, 2.05) is 18.2 Å². The smallest absolute Gasteiger partial charge is 0.118 e. The van der Waals surface area contributed by atoms with E-state index in [1.54, 1.807) is 7.11 Å². The molecule has 1 nitrogen and oxygen atoms in total. The maximum absolute atomic E-state index is 5.06. The average molecular weight is 162 g/mol. The van der Waals surface area contributed by atoms with Gasteiger partial charge in [-0.3, -0.25) is 0 Å². The van der Waals surface area contributed by atoms with Gasteiger partial charge in [-0.15, -0.1) is 6.58 Å². The second kappa shape index (κ2) is 3.96. The highest BCUT2D eigenvalue weighted by molar-refractivity contribution is 5.30. The number of methoxy groups -OCH3 is 1. The lowest BCUT2D eigenvalue weighted by Gasteiger charge is -2.06. The van der Waals surface area contributed by atoms with E-state index in [4.69, 9.17) is 4.74 Å². The molecule has 0 aliphatic carbocycles. The highest BCUT2D eigenvalue weighted by atomic mass is 16.5. The van der Waals surface area contributed by atoms with Crippen molar-refractivity contribution in [2.75, 3.05) is 7.11 Å². The monoisotopic (exact) mass is 162 g/mol. The fourth-order valence-electron chi connectivity index (χ4n) is 1.04. The largest absolute Gasteiger partial charge is 0.497 e. The van der Waals surface area contributed by atoms with Crippen LogP contribution in [-0.2, 0) is 0 Å². The van der Waals surface area contributed by atoms with Gasteiger partial charge < -0.3 is 4.74 Å². The molecule has 0 N–H and O–H groups in total. The van der Waals surface area contributed by atoms with E-state index in [-0.39, 0.29) is 0 Å². The Bertz CT molecular complexity index is 248. The van der Waals surface area contributed by atoms with Crippen molar-refractivity contribution in [2.24, 2.45) is 0 Å². The first-order valence-corrected chi connectivity index (χ1v) is 4.04. The molecule has 64 valence electrons. The summed E-state index contributed by atoms with van der Waals surface area (Å²) in [5.41, 5.74) is 1.27. The van der Waals surface area contributed by atoms with Gasteiger partial charge in [0, 0.05) is 0 Å². The summed E-state index contributed by atoms with van der Waals surface area (Å²) in [5, 5.41) is 0. The maximum Gasteiger partial charge on any atom is 0.118 e. The predicted octanol–water partition coefficient (Wildman–Crippen LogP) is 2.98. The first kappa shape index (κ1) is 8.85. The Balaban J connectivity index is 2.84. The van der Waals surface area contributed by atoms with Crippen LogP contribution in [0.1, 0.15) is 18.4 Å². The Morgan fingerprint density at radius 3 is 2.33 bits per heavy atom. The standard InChI is InChI=1S/C11H14O/c1-4-9(2)10-5-7-11(12-3)8-6-10/h4-9H,1H2,2-3H3/t9-/m0/s1. The molecule has 0 unspecified atom stereocenters. The van der Waals surface area contributed by atoms with Crippen LogP contribution in [-0.4, -0.2) is 7.11 Å². The van der Waals surface area contributed by atoms with E-state index in [2.05, 4.69) is 25.6 Å². The third kappa shape index (κ3) is 1.88. The molecule has 1 aromatic carbocycles. The van der Waals surface area contributed by atoms with Crippen LogP contribution in [0, 0.1) is 0 Å². The molecule has 1 heteroatoms.